The smallest absolute Gasteiger partial charge is 0.191 e. The number of para-hydroxylation sites is 1. The minimum Gasteiger partial charge on any atom is -0.488 e. The fourth-order valence-electron chi connectivity index (χ4n) is 3.27. The number of nitrogens with zero attached hydrogens (tertiary/aromatic N) is 3. The first kappa shape index (κ1) is 18.1. The molecule has 2 heterocycles. The van der Waals surface area contributed by atoms with Gasteiger partial charge in [0.2, 0.25) is 0 Å². The molecule has 0 radical (unpaired) electrons. The van der Waals surface area contributed by atoms with Crippen LogP contribution in [0.1, 0.15) is 18.1 Å². The van der Waals surface area contributed by atoms with Crippen LogP contribution in [0.2, 0.25) is 0 Å². The van der Waals surface area contributed by atoms with E-state index in [1.807, 2.05) is 29.1 Å². The van der Waals surface area contributed by atoms with E-state index in [4.69, 9.17) is 9.73 Å². The lowest BCUT2D eigenvalue weighted by molar-refractivity contribution is 0.235. The van der Waals surface area contributed by atoms with E-state index in [9.17, 15) is 0 Å². The van der Waals surface area contributed by atoms with Gasteiger partial charge in [-0.3, -0.25) is 0 Å². The highest BCUT2D eigenvalue weighted by atomic mass is 16.5. The molecule has 0 amide bonds. The second-order valence-electron chi connectivity index (χ2n) is 6.74. The Morgan fingerprint density at radius 1 is 1.14 bits per heavy atom. The molecule has 1 unspecified atom stereocenters. The number of hydrogen-bond acceptors (Lipinski definition) is 3. The van der Waals surface area contributed by atoms with Crippen molar-refractivity contribution in [1.29, 1.82) is 0 Å². The normalized spacial score (nSPS) is 15.8. The molecular formula is C22H25N5O. The summed E-state index contributed by atoms with van der Waals surface area (Å²) in [6, 6.07) is 18.4. The molecule has 6 nitrogen and oxygen atoms in total. The van der Waals surface area contributed by atoms with Gasteiger partial charge in [0, 0.05) is 25.4 Å². The third-order valence-electron chi connectivity index (χ3n) is 4.68. The van der Waals surface area contributed by atoms with Crippen molar-refractivity contribution in [1.82, 2.24) is 20.4 Å². The molecule has 0 saturated heterocycles. The number of aliphatic imine (C=N–C) groups is 1. The van der Waals surface area contributed by atoms with Crippen molar-refractivity contribution < 1.29 is 4.74 Å². The Labute approximate surface area is 165 Å². The molecule has 0 fully saturated rings. The number of rotatable bonds is 6. The van der Waals surface area contributed by atoms with Crippen molar-refractivity contribution in [2.24, 2.45) is 4.99 Å². The average Bonchev–Trinajstić information content (AvgIpc) is 3.40. The standard InChI is InChI=1S/C22H25N5O/c1-2-23-22(25-16-20-14-18-6-3-4-7-21(18)28-20)24-15-17-8-10-19(11-9-17)27-13-5-12-26-27/h3-13,20H,2,14-16H2,1H3,(H2,23,24,25). The summed E-state index contributed by atoms with van der Waals surface area (Å²) in [7, 11) is 0. The molecule has 3 aromatic rings. The van der Waals surface area contributed by atoms with Crippen molar-refractivity contribution in [3.8, 4) is 11.4 Å². The molecule has 1 atom stereocenters. The summed E-state index contributed by atoms with van der Waals surface area (Å²) in [5.74, 6) is 1.80. The molecule has 2 N–H and O–H groups in total. The summed E-state index contributed by atoms with van der Waals surface area (Å²) in [4.78, 5) is 4.70. The fourth-order valence-corrected chi connectivity index (χ4v) is 3.27. The van der Waals surface area contributed by atoms with Gasteiger partial charge in [0.1, 0.15) is 11.9 Å². The Bertz CT molecular complexity index is 893. The number of ether oxygens (including phenoxy) is 1. The SMILES string of the molecule is CCNC(=NCc1ccc(-n2cccn2)cc1)NCC1Cc2ccccc2O1. The van der Waals surface area contributed by atoms with Crippen LogP contribution in [0.25, 0.3) is 5.69 Å². The molecule has 4 rings (SSSR count). The quantitative estimate of drug-likeness (QED) is 0.514. The number of hydrogen-bond donors (Lipinski definition) is 2. The molecule has 1 aliphatic heterocycles. The molecule has 28 heavy (non-hydrogen) atoms. The van der Waals surface area contributed by atoms with E-state index in [1.54, 1.807) is 6.20 Å². The van der Waals surface area contributed by atoms with Crippen LogP contribution in [-0.4, -0.2) is 34.9 Å². The predicted octanol–water partition coefficient (Wildman–Crippen LogP) is 2.93. The highest BCUT2D eigenvalue weighted by Gasteiger charge is 2.22. The van der Waals surface area contributed by atoms with Gasteiger partial charge in [-0.1, -0.05) is 30.3 Å². The Morgan fingerprint density at radius 3 is 2.75 bits per heavy atom. The van der Waals surface area contributed by atoms with Gasteiger partial charge in [-0.25, -0.2) is 9.67 Å². The summed E-state index contributed by atoms with van der Waals surface area (Å²) in [5, 5.41) is 11.0. The molecule has 144 valence electrons. The lowest BCUT2D eigenvalue weighted by Crippen LogP contribution is -2.42. The van der Waals surface area contributed by atoms with E-state index in [-0.39, 0.29) is 6.10 Å². The van der Waals surface area contributed by atoms with Crippen molar-refractivity contribution in [2.75, 3.05) is 13.1 Å². The van der Waals surface area contributed by atoms with E-state index in [1.165, 1.54) is 5.56 Å². The molecule has 0 aliphatic carbocycles. The van der Waals surface area contributed by atoms with Gasteiger partial charge in [-0.05, 0) is 42.3 Å². The minimum absolute atomic E-state index is 0.134. The van der Waals surface area contributed by atoms with E-state index in [0.717, 1.165) is 42.5 Å². The van der Waals surface area contributed by atoms with Crippen molar-refractivity contribution in [2.45, 2.75) is 26.0 Å². The van der Waals surface area contributed by atoms with Crippen LogP contribution in [0, 0.1) is 0 Å². The van der Waals surface area contributed by atoms with E-state index >= 15 is 0 Å². The molecule has 0 spiro atoms. The third-order valence-corrected chi connectivity index (χ3v) is 4.68. The minimum atomic E-state index is 0.134. The van der Waals surface area contributed by atoms with Crippen LogP contribution in [0.4, 0.5) is 0 Å². The van der Waals surface area contributed by atoms with Crippen molar-refractivity contribution >= 4 is 5.96 Å². The number of benzene rings is 2. The van der Waals surface area contributed by atoms with Gasteiger partial charge in [-0.15, -0.1) is 0 Å². The van der Waals surface area contributed by atoms with E-state index in [0.29, 0.717) is 6.54 Å². The summed E-state index contributed by atoms with van der Waals surface area (Å²) in [5.41, 5.74) is 3.46. The van der Waals surface area contributed by atoms with Crippen molar-refractivity contribution in [3.05, 3.63) is 78.1 Å². The van der Waals surface area contributed by atoms with Gasteiger partial charge in [-0.2, -0.15) is 5.10 Å². The topological polar surface area (TPSA) is 63.5 Å². The monoisotopic (exact) mass is 375 g/mol. The zero-order valence-electron chi connectivity index (χ0n) is 16.0. The largest absolute Gasteiger partial charge is 0.488 e. The van der Waals surface area contributed by atoms with Crippen LogP contribution < -0.4 is 15.4 Å². The van der Waals surface area contributed by atoms with Gasteiger partial charge < -0.3 is 15.4 Å². The first-order valence-corrected chi connectivity index (χ1v) is 9.67. The number of fused-ring (bicyclic) bond motifs is 1. The third kappa shape index (κ3) is 4.34. The maximum atomic E-state index is 5.99. The maximum Gasteiger partial charge on any atom is 0.191 e. The zero-order valence-corrected chi connectivity index (χ0v) is 16.0. The molecule has 1 aliphatic rings. The predicted molar refractivity (Wildman–Crippen MR) is 111 cm³/mol. The summed E-state index contributed by atoms with van der Waals surface area (Å²) in [6.45, 7) is 4.22. The average molecular weight is 375 g/mol. The fraction of sp³-hybridized carbons (Fsp3) is 0.273. The second-order valence-corrected chi connectivity index (χ2v) is 6.74. The van der Waals surface area contributed by atoms with Gasteiger partial charge in [0.05, 0.1) is 18.8 Å². The van der Waals surface area contributed by atoms with Crippen LogP contribution in [0.3, 0.4) is 0 Å². The Morgan fingerprint density at radius 2 is 2.00 bits per heavy atom. The molecular weight excluding hydrogens is 350 g/mol. The highest BCUT2D eigenvalue weighted by molar-refractivity contribution is 5.79. The zero-order chi connectivity index (χ0) is 19.2. The second kappa shape index (κ2) is 8.61. The molecule has 6 heteroatoms. The number of nitrogens with one attached hydrogen (secondary N) is 2. The van der Waals surface area contributed by atoms with Crippen molar-refractivity contribution in [3.63, 3.8) is 0 Å². The summed E-state index contributed by atoms with van der Waals surface area (Å²) >= 11 is 0. The first-order chi connectivity index (χ1) is 13.8. The Balaban J connectivity index is 1.33. The highest BCUT2D eigenvalue weighted by Crippen LogP contribution is 2.27. The van der Waals surface area contributed by atoms with Crippen LogP contribution >= 0.6 is 0 Å². The van der Waals surface area contributed by atoms with E-state index < -0.39 is 0 Å². The van der Waals surface area contributed by atoms with Gasteiger partial charge in [0.15, 0.2) is 5.96 Å². The Hall–Kier alpha value is -3.28. The first-order valence-electron chi connectivity index (χ1n) is 9.67. The summed E-state index contributed by atoms with van der Waals surface area (Å²) < 4.78 is 7.84. The van der Waals surface area contributed by atoms with Crippen LogP contribution in [0.5, 0.6) is 5.75 Å². The lowest BCUT2D eigenvalue weighted by atomic mass is 10.1. The summed E-state index contributed by atoms with van der Waals surface area (Å²) in [6.07, 6.45) is 4.77. The number of guanidine groups is 1. The molecule has 1 aromatic heterocycles. The molecule has 0 saturated carbocycles. The van der Waals surface area contributed by atoms with Crippen LogP contribution in [-0.2, 0) is 13.0 Å². The van der Waals surface area contributed by atoms with Crippen LogP contribution in [0.15, 0.2) is 72.0 Å². The van der Waals surface area contributed by atoms with E-state index in [2.05, 4.69) is 59.1 Å². The van der Waals surface area contributed by atoms with Gasteiger partial charge in [0.25, 0.3) is 0 Å². The number of aromatic nitrogens is 2. The maximum absolute atomic E-state index is 5.99. The molecule has 0 bridgehead atoms. The van der Waals surface area contributed by atoms with Gasteiger partial charge >= 0.3 is 0 Å². The molecule has 2 aromatic carbocycles. The lowest BCUT2D eigenvalue weighted by Gasteiger charge is -2.15. The Kier molecular flexibility index (Phi) is 5.56.